The van der Waals surface area contributed by atoms with Gasteiger partial charge in [-0.15, -0.1) is 0 Å². The molecule has 4 aromatic heterocycles. The van der Waals surface area contributed by atoms with E-state index in [0.29, 0.717) is 45.7 Å². The van der Waals surface area contributed by atoms with Crippen LogP contribution in [0.1, 0.15) is 38.1 Å². The Labute approximate surface area is 204 Å². The Morgan fingerprint density at radius 3 is 2.67 bits per heavy atom. The zero-order chi connectivity index (χ0) is 25.8. The number of pyridine rings is 1. The van der Waals surface area contributed by atoms with Crippen LogP contribution in [0.4, 0.5) is 13.2 Å². The minimum Gasteiger partial charge on any atom is -0.481 e. The van der Waals surface area contributed by atoms with Crippen LogP contribution < -0.4 is 4.74 Å². The van der Waals surface area contributed by atoms with Crippen molar-refractivity contribution in [3.63, 3.8) is 0 Å². The molecule has 0 atom stereocenters. The summed E-state index contributed by atoms with van der Waals surface area (Å²) in [4.78, 5) is 22.3. The van der Waals surface area contributed by atoms with Crippen LogP contribution in [0.5, 0.6) is 5.88 Å². The molecule has 1 aliphatic rings. The molecule has 5 heterocycles. The van der Waals surface area contributed by atoms with Crippen LogP contribution in [0.3, 0.4) is 0 Å². The fraction of sp³-hybridized carbons (Fsp3) is 0.417. The van der Waals surface area contributed by atoms with Crippen molar-refractivity contribution in [3.8, 4) is 28.1 Å². The van der Waals surface area contributed by atoms with Gasteiger partial charge in [0.1, 0.15) is 5.65 Å². The van der Waals surface area contributed by atoms with Gasteiger partial charge in [0.15, 0.2) is 5.69 Å². The third-order valence-electron chi connectivity index (χ3n) is 6.44. The van der Waals surface area contributed by atoms with Crippen LogP contribution in [-0.4, -0.2) is 53.5 Å². The van der Waals surface area contributed by atoms with Crippen molar-refractivity contribution in [1.29, 1.82) is 0 Å². The smallest absolute Gasteiger partial charge is 0.435 e. The Kier molecular flexibility index (Phi) is 5.76. The van der Waals surface area contributed by atoms with E-state index in [9.17, 15) is 18.0 Å². The molecule has 0 aliphatic carbocycles. The van der Waals surface area contributed by atoms with E-state index < -0.39 is 11.9 Å². The standard InChI is InChI=1S/C24H26F3N7O2/c1-13(2)34-12-18-20(23(36-4)32(3)30-18)14-8-15-16(10-29-22(15)28-9-14)17-11-33(7-5-6-19(34)35)31-21(17)24(25,26)27/h8-11,13H,5-7,12H2,1-4H3,(H,28,29). The number of nitrogens with one attached hydrogen (secondary N) is 1. The number of methoxy groups -OCH3 is 1. The van der Waals surface area contributed by atoms with Gasteiger partial charge in [-0.05, 0) is 26.3 Å². The van der Waals surface area contributed by atoms with Crippen LogP contribution in [0, 0.1) is 0 Å². The number of ether oxygens (including phenoxy) is 1. The first-order valence-corrected chi connectivity index (χ1v) is 11.6. The van der Waals surface area contributed by atoms with Crippen molar-refractivity contribution in [2.45, 2.75) is 52.0 Å². The van der Waals surface area contributed by atoms with E-state index in [2.05, 4.69) is 20.2 Å². The molecule has 0 aromatic carbocycles. The van der Waals surface area contributed by atoms with Gasteiger partial charge in [0, 0.05) is 66.7 Å². The van der Waals surface area contributed by atoms with Gasteiger partial charge in [0.05, 0.1) is 24.9 Å². The Morgan fingerprint density at radius 1 is 1.19 bits per heavy atom. The molecule has 0 saturated heterocycles. The number of hydrogen-bond acceptors (Lipinski definition) is 5. The number of aromatic amines is 1. The number of aromatic nitrogens is 6. The minimum atomic E-state index is -4.65. The van der Waals surface area contributed by atoms with Gasteiger partial charge in [0.25, 0.3) is 0 Å². The second-order valence-corrected chi connectivity index (χ2v) is 9.15. The van der Waals surface area contributed by atoms with E-state index in [1.54, 1.807) is 28.9 Å². The summed E-state index contributed by atoms with van der Waals surface area (Å²) in [6.45, 7) is 4.27. The van der Waals surface area contributed by atoms with E-state index in [-0.39, 0.29) is 37.0 Å². The van der Waals surface area contributed by atoms with Crippen molar-refractivity contribution in [3.05, 3.63) is 36.0 Å². The van der Waals surface area contributed by atoms with Crippen LogP contribution in [-0.2, 0) is 31.1 Å². The van der Waals surface area contributed by atoms with Gasteiger partial charge >= 0.3 is 6.18 Å². The molecular formula is C24H26F3N7O2. The average Bonchev–Trinajstić information content (AvgIpc) is 3.50. The molecule has 0 spiro atoms. The van der Waals surface area contributed by atoms with E-state index in [1.165, 1.54) is 24.2 Å². The topological polar surface area (TPSA) is 93.9 Å². The Bertz CT molecular complexity index is 1450. The summed E-state index contributed by atoms with van der Waals surface area (Å²) in [7, 11) is 3.26. The Balaban J connectivity index is 1.78. The number of alkyl halides is 3. The average molecular weight is 502 g/mol. The van der Waals surface area contributed by atoms with E-state index in [0.717, 1.165) is 0 Å². The molecule has 0 saturated carbocycles. The fourth-order valence-electron chi connectivity index (χ4n) is 4.76. The van der Waals surface area contributed by atoms with Crippen molar-refractivity contribution < 1.29 is 22.7 Å². The summed E-state index contributed by atoms with van der Waals surface area (Å²) >= 11 is 0. The molecule has 0 radical (unpaired) electrons. The number of nitrogens with zero attached hydrogens (tertiary/aromatic N) is 6. The molecule has 1 aliphatic heterocycles. The number of H-pyrrole nitrogens is 1. The summed E-state index contributed by atoms with van der Waals surface area (Å²) in [5.74, 6) is 0.353. The molecule has 5 rings (SSSR count). The van der Waals surface area contributed by atoms with E-state index >= 15 is 0 Å². The van der Waals surface area contributed by atoms with Crippen molar-refractivity contribution in [1.82, 2.24) is 34.4 Å². The first kappa shape index (κ1) is 23.9. The Hall–Kier alpha value is -3.83. The monoisotopic (exact) mass is 501 g/mol. The van der Waals surface area contributed by atoms with Crippen molar-refractivity contribution >= 4 is 16.9 Å². The first-order valence-electron chi connectivity index (χ1n) is 11.6. The zero-order valence-electron chi connectivity index (χ0n) is 20.3. The van der Waals surface area contributed by atoms with Gasteiger partial charge < -0.3 is 14.6 Å². The highest BCUT2D eigenvalue weighted by Gasteiger charge is 2.38. The zero-order valence-corrected chi connectivity index (χ0v) is 20.3. The van der Waals surface area contributed by atoms with Gasteiger partial charge in [0.2, 0.25) is 11.8 Å². The second-order valence-electron chi connectivity index (χ2n) is 9.15. The van der Waals surface area contributed by atoms with Crippen LogP contribution in [0.2, 0.25) is 0 Å². The summed E-state index contributed by atoms with van der Waals surface area (Å²) in [6.07, 6.45) is 0.387. The summed E-state index contributed by atoms with van der Waals surface area (Å²) in [5.41, 5.74) is 1.65. The van der Waals surface area contributed by atoms with E-state index in [1.807, 2.05) is 13.8 Å². The van der Waals surface area contributed by atoms with Gasteiger partial charge in [-0.2, -0.15) is 23.4 Å². The fourth-order valence-corrected chi connectivity index (χ4v) is 4.76. The predicted molar refractivity (Wildman–Crippen MR) is 126 cm³/mol. The lowest BCUT2D eigenvalue weighted by Crippen LogP contribution is -2.36. The largest absolute Gasteiger partial charge is 0.481 e. The number of hydrogen-bond donors (Lipinski definition) is 1. The number of halogens is 3. The molecule has 1 N–H and O–H groups in total. The van der Waals surface area contributed by atoms with Crippen molar-refractivity contribution in [2.75, 3.05) is 7.11 Å². The highest BCUT2D eigenvalue weighted by Crippen LogP contribution is 2.41. The molecule has 4 aromatic rings. The molecule has 36 heavy (non-hydrogen) atoms. The minimum absolute atomic E-state index is 0.0453. The van der Waals surface area contributed by atoms with Crippen LogP contribution in [0.25, 0.3) is 33.3 Å². The molecule has 0 unspecified atom stereocenters. The lowest BCUT2D eigenvalue weighted by atomic mass is 10.0. The molecule has 9 nitrogen and oxygen atoms in total. The predicted octanol–water partition coefficient (Wildman–Crippen LogP) is 4.39. The first-order chi connectivity index (χ1) is 17.1. The second kappa shape index (κ2) is 8.68. The molecule has 1 amide bonds. The number of rotatable bonds is 2. The number of carbonyl (C=O) groups excluding carboxylic acids is 1. The maximum atomic E-state index is 14.0. The van der Waals surface area contributed by atoms with Crippen molar-refractivity contribution in [2.24, 2.45) is 7.05 Å². The molecule has 0 fully saturated rings. The normalized spacial score (nSPS) is 14.9. The molecule has 12 heteroatoms. The number of fused-ring (bicyclic) bond motifs is 6. The third-order valence-corrected chi connectivity index (χ3v) is 6.44. The van der Waals surface area contributed by atoms with Gasteiger partial charge in [-0.1, -0.05) is 0 Å². The van der Waals surface area contributed by atoms with Crippen LogP contribution in [0.15, 0.2) is 24.7 Å². The number of amides is 1. The third kappa shape index (κ3) is 3.99. The number of carbonyl (C=O) groups is 1. The summed E-state index contributed by atoms with van der Waals surface area (Å²) < 4.78 is 50.4. The van der Waals surface area contributed by atoms with Gasteiger partial charge in [-0.25, -0.2) is 9.67 Å². The van der Waals surface area contributed by atoms with Crippen LogP contribution >= 0.6 is 0 Å². The molecule has 190 valence electrons. The molecule has 4 bridgehead atoms. The maximum Gasteiger partial charge on any atom is 0.435 e. The SMILES string of the molecule is COc1c2c(nn1C)CN(C(C)C)C(=O)CCCn1cc(c(C(F)(F)F)n1)-c1c[nH]c3ncc-2cc13. The molecular weight excluding hydrogens is 475 g/mol. The maximum absolute atomic E-state index is 14.0. The highest BCUT2D eigenvalue weighted by molar-refractivity contribution is 5.96. The lowest BCUT2D eigenvalue weighted by molar-refractivity contribution is -0.141. The van der Waals surface area contributed by atoms with E-state index in [4.69, 9.17) is 4.74 Å². The quantitative estimate of drug-likeness (QED) is 0.440. The lowest BCUT2D eigenvalue weighted by Gasteiger charge is -2.26. The summed E-state index contributed by atoms with van der Waals surface area (Å²) in [5, 5.41) is 8.98. The highest BCUT2D eigenvalue weighted by atomic mass is 19.4. The summed E-state index contributed by atoms with van der Waals surface area (Å²) in [6, 6.07) is 1.66. The number of aryl methyl sites for hydroxylation is 2. The Morgan fingerprint density at radius 2 is 1.97 bits per heavy atom. The van der Waals surface area contributed by atoms with Gasteiger partial charge in [-0.3, -0.25) is 9.48 Å².